The number of amides is 1. The molecular formula is C20H39N5O. The zero-order chi connectivity index (χ0) is 18.8. The van der Waals surface area contributed by atoms with E-state index in [1.807, 2.05) is 0 Å². The van der Waals surface area contributed by atoms with Gasteiger partial charge in [0.25, 0.3) is 0 Å². The molecule has 6 heteroatoms. The fourth-order valence-electron chi connectivity index (χ4n) is 3.81. The molecule has 0 aromatic rings. The normalized spacial score (nSPS) is 24.3. The van der Waals surface area contributed by atoms with Crippen LogP contribution in [0.2, 0.25) is 0 Å². The second kappa shape index (κ2) is 11.4. The van der Waals surface area contributed by atoms with Crippen molar-refractivity contribution in [3.63, 3.8) is 0 Å². The molecular weight excluding hydrogens is 326 g/mol. The zero-order valence-electron chi connectivity index (χ0n) is 17.0. The molecule has 1 heterocycles. The molecule has 2 aliphatic rings. The number of rotatable bonds is 10. The van der Waals surface area contributed by atoms with Crippen molar-refractivity contribution in [3.8, 4) is 0 Å². The van der Waals surface area contributed by atoms with Crippen LogP contribution < -0.4 is 16.0 Å². The van der Waals surface area contributed by atoms with E-state index in [1.165, 1.54) is 32.5 Å². The van der Waals surface area contributed by atoms with Crippen LogP contribution in [0, 0.1) is 17.8 Å². The number of carbonyl (C=O) groups excluding carboxylic acids is 1. The van der Waals surface area contributed by atoms with Crippen molar-refractivity contribution in [1.29, 1.82) is 0 Å². The van der Waals surface area contributed by atoms with E-state index in [-0.39, 0.29) is 11.8 Å². The summed E-state index contributed by atoms with van der Waals surface area (Å²) >= 11 is 0. The van der Waals surface area contributed by atoms with Gasteiger partial charge in [0.05, 0.1) is 0 Å². The molecule has 2 atom stereocenters. The molecule has 2 rings (SSSR count). The number of hydrogen-bond donors (Lipinski definition) is 3. The molecule has 1 amide bonds. The van der Waals surface area contributed by atoms with E-state index in [4.69, 9.17) is 0 Å². The molecule has 1 saturated carbocycles. The lowest BCUT2D eigenvalue weighted by Crippen LogP contribution is -2.41. The highest BCUT2D eigenvalue weighted by Crippen LogP contribution is 2.28. The van der Waals surface area contributed by atoms with Crippen LogP contribution in [0.15, 0.2) is 4.99 Å². The molecule has 2 fully saturated rings. The maximum Gasteiger partial charge on any atom is 0.223 e. The van der Waals surface area contributed by atoms with Gasteiger partial charge in [-0.05, 0) is 57.4 Å². The summed E-state index contributed by atoms with van der Waals surface area (Å²) in [5.41, 5.74) is 0. The van der Waals surface area contributed by atoms with Gasteiger partial charge in [-0.25, -0.2) is 0 Å². The third-order valence-electron chi connectivity index (χ3n) is 5.11. The van der Waals surface area contributed by atoms with Crippen LogP contribution in [0.1, 0.15) is 52.9 Å². The number of nitrogens with zero attached hydrogens (tertiary/aromatic N) is 2. The summed E-state index contributed by atoms with van der Waals surface area (Å²) in [6.45, 7) is 13.6. The fraction of sp³-hybridized carbons (Fsp3) is 0.900. The van der Waals surface area contributed by atoms with Crippen molar-refractivity contribution in [1.82, 2.24) is 20.9 Å². The number of unbranched alkanes of at least 4 members (excludes halogenated alkanes) is 1. The Morgan fingerprint density at radius 2 is 1.73 bits per heavy atom. The second-order valence-corrected chi connectivity index (χ2v) is 8.17. The van der Waals surface area contributed by atoms with Gasteiger partial charge in [-0.3, -0.25) is 9.79 Å². The number of piperidine rings is 1. The molecule has 150 valence electrons. The fourth-order valence-corrected chi connectivity index (χ4v) is 3.81. The molecule has 1 aliphatic carbocycles. The van der Waals surface area contributed by atoms with E-state index < -0.39 is 0 Å². The van der Waals surface area contributed by atoms with Gasteiger partial charge in [-0.15, -0.1) is 0 Å². The first-order valence-electron chi connectivity index (χ1n) is 10.6. The zero-order valence-corrected chi connectivity index (χ0v) is 17.0. The summed E-state index contributed by atoms with van der Waals surface area (Å²) in [7, 11) is 0. The monoisotopic (exact) mass is 365 g/mol. The first kappa shape index (κ1) is 21.0. The lowest BCUT2D eigenvalue weighted by Gasteiger charge is -2.34. The molecule has 2 unspecified atom stereocenters. The summed E-state index contributed by atoms with van der Waals surface area (Å²) in [6, 6.07) is 0. The molecule has 0 aromatic carbocycles. The maximum absolute atomic E-state index is 11.6. The molecule has 1 saturated heterocycles. The predicted molar refractivity (Wildman–Crippen MR) is 108 cm³/mol. The van der Waals surface area contributed by atoms with Crippen molar-refractivity contribution in [2.24, 2.45) is 22.7 Å². The topological polar surface area (TPSA) is 68.8 Å². The van der Waals surface area contributed by atoms with Gasteiger partial charge in [0.15, 0.2) is 5.96 Å². The standard InChI is InChI=1S/C20H39N5O/c1-4-21-20(24-11-10-22-19(26)18-7-8-18)23-9-5-6-12-25-14-16(2)13-17(3)15-25/h16-18H,4-15H2,1-3H3,(H,22,26)(H2,21,23,24). The van der Waals surface area contributed by atoms with Crippen LogP contribution >= 0.6 is 0 Å². The van der Waals surface area contributed by atoms with Gasteiger partial charge in [0, 0.05) is 45.2 Å². The molecule has 6 nitrogen and oxygen atoms in total. The maximum atomic E-state index is 11.6. The van der Waals surface area contributed by atoms with Gasteiger partial charge in [0.1, 0.15) is 0 Å². The molecule has 0 aromatic heterocycles. The lowest BCUT2D eigenvalue weighted by atomic mass is 9.92. The summed E-state index contributed by atoms with van der Waals surface area (Å²) in [6.07, 6.45) is 5.81. The highest BCUT2D eigenvalue weighted by Gasteiger charge is 2.28. The summed E-state index contributed by atoms with van der Waals surface area (Å²) in [4.78, 5) is 18.9. The Bertz CT molecular complexity index is 439. The van der Waals surface area contributed by atoms with E-state index >= 15 is 0 Å². The van der Waals surface area contributed by atoms with E-state index in [9.17, 15) is 4.79 Å². The second-order valence-electron chi connectivity index (χ2n) is 8.17. The number of hydrogen-bond acceptors (Lipinski definition) is 3. The number of aliphatic imine (C=N–C) groups is 1. The van der Waals surface area contributed by atoms with Gasteiger partial charge in [0.2, 0.25) is 5.91 Å². The first-order valence-corrected chi connectivity index (χ1v) is 10.6. The highest BCUT2D eigenvalue weighted by molar-refractivity contribution is 5.81. The molecule has 0 spiro atoms. The van der Waals surface area contributed by atoms with Gasteiger partial charge in [-0.1, -0.05) is 13.8 Å². The minimum absolute atomic E-state index is 0.204. The molecule has 0 radical (unpaired) electrons. The Kier molecular flexibility index (Phi) is 9.23. The van der Waals surface area contributed by atoms with Crippen LogP contribution in [0.4, 0.5) is 0 Å². The Hall–Kier alpha value is -1.30. The lowest BCUT2D eigenvalue weighted by molar-refractivity contribution is -0.122. The smallest absolute Gasteiger partial charge is 0.223 e. The largest absolute Gasteiger partial charge is 0.357 e. The highest BCUT2D eigenvalue weighted by atomic mass is 16.2. The number of nitrogens with one attached hydrogen (secondary N) is 3. The van der Waals surface area contributed by atoms with Gasteiger partial charge >= 0.3 is 0 Å². The van der Waals surface area contributed by atoms with Gasteiger partial charge < -0.3 is 20.9 Å². The van der Waals surface area contributed by atoms with Crippen LogP contribution in [0.3, 0.4) is 0 Å². The van der Waals surface area contributed by atoms with Crippen molar-refractivity contribution >= 4 is 11.9 Å². The number of carbonyl (C=O) groups is 1. The first-order chi connectivity index (χ1) is 12.6. The van der Waals surface area contributed by atoms with E-state index in [1.54, 1.807) is 0 Å². The van der Waals surface area contributed by atoms with Crippen molar-refractivity contribution in [3.05, 3.63) is 0 Å². The molecule has 3 N–H and O–H groups in total. The number of guanidine groups is 1. The van der Waals surface area contributed by atoms with E-state index in [0.29, 0.717) is 13.1 Å². The third kappa shape index (κ3) is 8.39. The third-order valence-corrected chi connectivity index (χ3v) is 5.11. The molecule has 0 bridgehead atoms. The number of likely N-dealkylation sites (tertiary alicyclic amines) is 1. The quantitative estimate of drug-likeness (QED) is 0.314. The Morgan fingerprint density at radius 1 is 1.04 bits per heavy atom. The Balaban J connectivity index is 1.56. The minimum atomic E-state index is 0.204. The minimum Gasteiger partial charge on any atom is -0.357 e. The molecule has 26 heavy (non-hydrogen) atoms. The summed E-state index contributed by atoms with van der Waals surface area (Å²) in [5.74, 6) is 3.01. The SMILES string of the molecule is CCNC(=NCCCCN1CC(C)CC(C)C1)NCCNC(=O)C1CC1. The Labute approximate surface area is 159 Å². The van der Waals surface area contributed by atoms with Crippen LogP contribution in [-0.2, 0) is 4.79 Å². The van der Waals surface area contributed by atoms with Crippen LogP contribution in [0.25, 0.3) is 0 Å². The molecule has 1 aliphatic heterocycles. The van der Waals surface area contributed by atoms with E-state index in [2.05, 4.69) is 46.6 Å². The average Bonchev–Trinajstić information content (AvgIpc) is 3.42. The van der Waals surface area contributed by atoms with Crippen LogP contribution in [0.5, 0.6) is 0 Å². The summed E-state index contributed by atoms with van der Waals surface area (Å²) in [5, 5.41) is 9.55. The average molecular weight is 366 g/mol. The van der Waals surface area contributed by atoms with E-state index in [0.717, 1.165) is 50.1 Å². The Morgan fingerprint density at radius 3 is 2.38 bits per heavy atom. The van der Waals surface area contributed by atoms with Crippen molar-refractivity contribution in [2.45, 2.75) is 52.9 Å². The van der Waals surface area contributed by atoms with Gasteiger partial charge in [-0.2, -0.15) is 0 Å². The predicted octanol–water partition coefficient (Wildman–Crippen LogP) is 1.83. The van der Waals surface area contributed by atoms with Crippen molar-refractivity contribution in [2.75, 3.05) is 45.8 Å². The summed E-state index contributed by atoms with van der Waals surface area (Å²) < 4.78 is 0. The van der Waals surface area contributed by atoms with Crippen LogP contribution in [-0.4, -0.2) is 62.6 Å². The van der Waals surface area contributed by atoms with Crippen molar-refractivity contribution < 1.29 is 4.79 Å².